The van der Waals surface area contributed by atoms with E-state index in [1.807, 2.05) is 41.3 Å². The van der Waals surface area contributed by atoms with Crippen LogP contribution in [-0.4, -0.2) is 28.9 Å². The van der Waals surface area contributed by atoms with E-state index in [-0.39, 0.29) is 5.91 Å². The van der Waals surface area contributed by atoms with Crippen LogP contribution in [0, 0.1) is 0 Å². The summed E-state index contributed by atoms with van der Waals surface area (Å²) in [7, 11) is 0. The topological polar surface area (TPSA) is 33.2 Å². The largest absolute Gasteiger partial charge is 0.337 e. The van der Waals surface area contributed by atoms with Crippen molar-refractivity contribution in [3.63, 3.8) is 0 Å². The van der Waals surface area contributed by atoms with Gasteiger partial charge in [-0.2, -0.15) is 0 Å². The molecule has 1 aliphatic rings. The van der Waals surface area contributed by atoms with E-state index in [2.05, 4.69) is 4.98 Å². The number of likely N-dealkylation sites (tertiary alicyclic amines) is 1. The molecule has 1 aliphatic heterocycles. The Morgan fingerprint density at radius 2 is 1.94 bits per heavy atom. The van der Waals surface area contributed by atoms with Crippen LogP contribution in [0.25, 0.3) is 10.9 Å². The van der Waals surface area contributed by atoms with Gasteiger partial charge in [0.15, 0.2) is 0 Å². The molecule has 0 N–H and O–H groups in total. The Bertz CT molecular complexity index is 546. The maximum absolute atomic E-state index is 11.9. The summed E-state index contributed by atoms with van der Waals surface area (Å²) in [6.07, 6.45) is 1.11. The minimum Gasteiger partial charge on any atom is -0.337 e. The van der Waals surface area contributed by atoms with Gasteiger partial charge in [-0.1, -0.05) is 24.3 Å². The third-order valence-electron chi connectivity index (χ3n) is 2.96. The van der Waals surface area contributed by atoms with E-state index in [0.717, 1.165) is 30.4 Å². The molecule has 0 radical (unpaired) electrons. The fourth-order valence-corrected chi connectivity index (χ4v) is 1.87. The zero-order chi connectivity index (χ0) is 11.0. The number of nitrogens with zero attached hydrogens (tertiary/aromatic N) is 2. The molecule has 1 fully saturated rings. The first-order chi connectivity index (χ1) is 7.84. The van der Waals surface area contributed by atoms with Crippen molar-refractivity contribution in [3.8, 4) is 0 Å². The molecule has 3 heteroatoms. The summed E-state index contributed by atoms with van der Waals surface area (Å²) in [5.41, 5.74) is 1.44. The van der Waals surface area contributed by atoms with Crippen molar-refractivity contribution in [1.29, 1.82) is 0 Å². The second-order valence-corrected chi connectivity index (χ2v) is 4.03. The van der Waals surface area contributed by atoms with Gasteiger partial charge in [0.25, 0.3) is 5.91 Å². The Morgan fingerprint density at radius 1 is 1.12 bits per heavy atom. The van der Waals surface area contributed by atoms with Crippen molar-refractivity contribution in [3.05, 3.63) is 42.1 Å². The molecule has 1 amide bonds. The van der Waals surface area contributed by atoms with Gasteiger partial charge >= 0.3 is 0 Å². The lowest BCUT2D eigenvalue weighted by molar-refractivity contribution is 0.0646. The third kappa shape index (κ3) is 1.45. The molecule has 0 unspecified atom stereocenters. The maximum Gasteiger partial charge on any atom is 0.272 e. The lowest BCUT2D eigenvalue weighted by atomic mass is 10.1. The number of para-hydroxylation sites is 1. The van der Waals surface area contributed by atoms with Gasteiger partial charge in [0.2, 0.25) is 0 Å². The van der Waals surface area contributed by atoms with Gasteiger partial charge in [-0.3, -0.25) is 4.79 Å². The van der Waals surface area contributed by atoms with Crippen LogP contribution < -0.4 is 0 Å². The predicted molar refractivity (Wildman–Crippen MR) is 62.3 cm³/mol. The quantitative estimate of drug-likeness (QED) is 0.725. The van der Waals surface area contributed by atoms with Crippen molar-refractivity contribution in [2.75, 3.05) is 13.1 Å². The minimum absolute atomic E-state index is 0.0528. The van der Waals surface area contributed by atoms with Crippen molar-refractivity contribution >= 4 is 16.8 Å². The van der Waals surface area contributed by atoms with Gasteiger partial charge < -0.3 is 4.90 Å². The number of hydrogen-bond acceptors (Lipinski definition) is 2. The Hall–Kier alpha value is -1.90. The number of carbonyl (C=O) groups excluding carboxylic acids is 1. The number of fused-ring (bicyclic) bond motifs is 1. The lowest BCUT2D eigenvalue weighted by Crippen LogP contribution is -2.42. The van der Waals surface area contributed by atoms with Crippen LogP contribution in [0.2, 0.25) is 0 Å². The molecule has 1 saturated heterocycles. The molecule has 0 atom stereocenters. The minimum atomic E-state index is 0.0528. The van der Waals surface area contributed by atoms with Crippen molar-refractivity contribution in [1.82, 2.24) is 9.88 Å². The Kier molecular flexibility index (Phi) is 2.10. The number of benzene rings is 1. The Labute approximate surface area is 93.7 Å². The molecular weight excluding hydrogens is 200 g/mol. The molecule has 0 saturated carbocycles. The number of carbonyl (C=O) groups is 1. The monoisotopic (exact) mass is 212 g/mol. The van der Waals surface area contributed by atoms with Crippen molar-refractivity contribution in [2.24, 2.45) is 0 Å². The zero-order valence-corrected chi connectivity index (χ0v) is 8.89. The number of aromatic nitrogens is 1. The summed E-state index contributed by atoms with van der Waals surface area (Å²) >= 11 is 0. The Balaban J connectivity index is 2.01. The highest BCUT2D eigenvalue weighted by Gasteiger charge is 2.22. The normalized spacial score (nSPS) is 14.9. The van der Waals surface area contributed by atoms with E-state index in [4.69, 9.17) is 0 Å². The molecule has 0 bridgehead atoms. The molecule has 1 aromatic carbocycles. The number of rotatable bonds is 1. The first kappa shape index (κ1) is 9.33. The van der Waals surface area contributed by atoms with E-state index in [9.17, 15) is 4.79 Å². The second-order valence-electron chi connectivity index (χ2n) is 4.03. The molecule has 0 aliphatic carbocycles. The van der Waals surface area contributed by atoms with Crippen LogP contribution >= 0.6 is 0 Å². The van der Waals surface area contributed by atoms with Gasteiger partial charge in [0, 0.05) is 18.5 Å². The summed E-state index contributed by atoms with van der Waals surface area (Å²) in [5.74, 6) is 0.0528. The van der Waals surface area contributed by atoms with E-state index in [1.165, 1.54) is 0 Å². The molecule has 2 heterocycles. The molecule has 2 aromatic rings. The predicted octanol–water partition coefficient (Wildman–Crippen LogP) is 2.08. The van der Waals surface area contributed by atoms with Gasteiger partial charge in [-0.05, 0) is 18.6 Å². The molecule has 80 valence electrons. The highest BCUT2D eigenvalue weighted by atomic mass is 16.2. The zero-order valence-electron chi connectivity index (χ0n) is 8.89. The highest BCUT2D eigenvalue weighted by molar-refractivity contribution is 5.95. The number of hydrogen-bond donors (Lipinski definition) is 0. The smallest absolute Gasteiger partial charge is 0.272 e. The molecule has 1 aromatic heterocycles. The van der Waals surface area contributed by atoms with Gasteiger partial charge in [0.1, 0.15) is 5.69 Å². The average Bonchev–Trinajstić information content (AvgIpc) is 2.26. The van der Waals surface area contributed by atoms with Crippen molar-refractivity contribution in [2.45, 2.75) is 6.42 Å². The van der Waals surface area contributed by atoms with E-state index in [1.54, 1.807) is 0 Å². The summed E-state index contributed by atoms with van der Waals surface area (Å²) in [6.45, 7) is 1.74. The summed E-state index contributed by atoms with van der Waals surface area (Å²) < 4.78 is 0. The third-order valence-corrected chi connectivity index (χ3v) is 2.96. The molecular formula is C13H12N2O. The fraction of sp³-hybridized carbons (Fsp3) is 0.231. The average molecular weight is 212 g/mol. The van der Waals surface area contributed by atoms with Crippen LogP contribution in [0.15, 0.2) is 36.4 Å². The molecule has 0 spiro atoms. The Morgan fingerprint density at radius 3 is 2.69 bits per heavy atom. The van der Waals surface area contributed by atoms with E-state index >= 15 is 0 Å². The summed E-state index contributed by atoms with van der Waals surface area (Å²) in [5, 5.41) is 1.07. The van der Waals surface area contributed by atoms with Gasteiger partial charge in [0.05, 0.1) is 5.52 Å². The van der Waals surface area contributed by atoms with Crippen LogP contribution in [0.5, 0.6) is 0 Å². The van der Waals surface area contributed by atoms with Crippen LogP contribution in [0.4, 0.5) is 0 Å². The van der Waals surface area contributed by atoms with E-state index < -0.39 is 0 Å². The van der Waals surface area contributed by atoms with Gasteiger partial charge in [-0.15, -0.1) is 0 Å². The summed E-state index contributed by atoms with van der Waals surface area (Å²) in [6, 6.07) is 11.6. The first-order valence-electron chi connectivity index (χ1n) is 5.50. The standard InChI is InChI=1S/C13H12N2O/c16-13(15-8-3-9-15)12-7-6-10-4-1-2-5-11(10)14-12/h1-2,4-7H,3,8-9H2. The first-order valence-corrected chi connectivity index (χ1v) is 5.50. The van der Waals surface area contributed by atoms with E-state index in [0.29, 0.717) is 5.69 Å². The van der Waals surface area contributed by atoms with Crippen molar-refractivity contribution < 1.29 is 4.79 Å². The molecule has 3 rings (SSSR count). The fourth-order valence-electron chi connectivity index (χ4n) is 1.87. The number of pyridine rings is 1. The molecule has 3 nitrogen and oxygen atoms in total. The lowest BCUT2D eigenvalue weighted by Gasteiger charge is -2.30. The SMILES string of the molecule is O=C(c1ccc2ccccc2n1)N1CCC1. The maximum atomic E-state index is 11.9. The van der Waals surface area contributed by atoms with Crippen LogP contribution in [-0.2, 0) is 0 Å². The van der Waals surface area contributed by atoms with Gasteiger partial charge in [-0.25, -0.2) is 4.98 Å². The number of amides is 1. The second kappa shape index (κ2) is 3.59. The van der Waals surface area contributed by atoms with Crippen LogP contribution in [0.3, 0.4) is 0 Å². The highest BCUT2D eigenvalue weighted by Crippen LogP contribution is 2.15. The van der Waals surface area contributed by atoms with Crippen LogP contribution in [0.1, 0.15) is 16.9 Å². The molecule has 16 heavy (non-hydrogen) atoms. The summed E-state index contributed by atoms with van der Waals surface area (Å²) in [4.78, 5) is 18.2.